The molecule has 0 amide bonds. The van der Waals surface area contributed by atoms with Gasteiger partial charge in [0, 0.05) is 6.42 Å². The number of aliphatic hydroxyl groups excluding tert-OH is 1. The Morgan fingerprint density at radius 3 is 2.73 bits per heavy atom. The van der Waals surface area contributed by atoms with E-state index in [1.807, 2.05) is 29.9 Å². The molecule has 1 unspecified atom stereocenters. The molecule has 2 nitrogen and oxygen atoms in total. The Morgan fingerprint density at radius 2 is 2.27 bits per heavy atom. The first-order valence-electron chi connectivity index (χ1n) is 3.49. The summed E-state index contributed by atoms with van der Waals surface area (Å²) in [6.45, 7) is 5.78. The third-order valence-electron chi connectivity index (χ3n) is 1.81. The molecule has 0 aliphatic heterocycles. The largest absolute Gasteiger partial charge is 0.427 e. The van der Waals surface area contributed by atoms with Crippen molar-refractivity contribution in [3.8, 4) is 0 Å². The molecule has 0 fully saturated rings. The van der Waals surface area contributed by atoms with Gasteiger partial charge < -0.3 is 8.17 Å². The fourth-order valence-corrected chi connectivity index (χ4v) is 2.00. The molecule has 62 valence electrons. The van der Waals surface area contributed by atoms with Crippen molar-refractivity contribution in [1.82, 2.24) is 0 Å². The second-order valence-electron chi connectivity index (χ2n) is 2.85. The summed E-state index contributed by atoms with van der Waals surface area (Å²) in [5.74, 6) is 0.857. The van der Waals surface area contributed by atoms with Crippen LogP contribution >= 0.6 is 23.0 Å². The van der Waals surface area contributed by atoms with Gasteiger partial charge in [-0.25, -0.2) is 0 Å². The summed E-state index contributed by atoms with van der Waals surface area (Å²) in [5, 5.41) is 9.31. The van der Waals surface area contributed by atoms with Crippen LogP contribution in [-0.2, 0) is 3.07 Å². The molecular formula is C8H11IO2. The maximum atomic E-state index is 9.31. The number of hydrogen-bond donors (Lipinski definition) is 1. The van der Waals surface area contributed by atoms with Crippen molar-refractivity contribution < 1.29 is 8.17 Å². The first kappa shape index (κ1) is 9.06. The molecule has 0 aromatic rings. The van der Waals surface area contributed by atoms with E-state index in [0.717, 1.165) is 16.9 Å². The van der Waals surface area contributed by atoms with Gasteiger partial charge in [-0.15, -0.1) is 0 Å². The maximum Gasteiger partial charge on any atom is 0.192 e. The Bertz CT molecular complexity index is 208. The molecular weight excluding hydrogens is 255 g/mol. The van der Waals surface area contributed by atoms with Crippen LogP contribution in [0.15, 0.2) is 23.5 Å². The smallest absolute Gasteiger partial charge is 0.192 e. The lowest BCUT2D eigenvalue weighted by molar-refractivity contribution is 0.167. The van der Waals surface area contributed by atoms with E-state index >= 15 is 0 Å². The molecule has 1 aliphatic rings. The molecule has 0 bridgehead atoms. The highest BCUT2D eigenvalue weighted by Crippen LogP contribution is 2.30. The molecule has 0 saturated carbocycles. The topological polar surface area (TPSA) is 29.5 Å². The molecule has 0 spiro atoms. The van der Waals surface area contributed by atoms with Crippen molar-refractivity contribution in [3.63, 3.8) is 0 Å². The Morgan fingerprint density at radius 1 is 1.64 bits per heavy atom. The Labute approximate surface area is 80.6 Å². The molecule has 3 heteroatoms. The van der Waals surface area contributed by atoms with Crippen molar-refractivity contribution in [2.24, 2.45) is 0 Å². The highest BCUT2D eigenvalue weighted by atomic mass is 127. The van der Waals surface area contributed by atoms with Crippen LogP contribution < -0.4 is 0 Å². The molecule has 1 rings (SSSR count). The van der Waals surface area contributed by atoms with Crippen LogP contribution in [0.5, 0.6) is 0 Å². The number of rotatable bonds is 1. The van der Waals surface area contributed by atoms with E-state index in [9.17, 15) is 5.11 Å². The maximum absolute atomic E-state index is 9.31. The van der Waals surface area contributed by atoms with Crippen LogP contribution in [0, 0.1) is 0 Å². The lowest BCUT2D eigenvalue weighted by atomic mass is 9.93. The van der Waals surface area contributed by atoms with Crippen molar-refractivity contribution >= 4 is 23.0 Å². The molecule has 0 aromatic heterocycles. The molecule has 0 saturated heterocycles. The van der Waals surface area contributed by atoms with Gasteiger partial charge >= 0.3 is 0 Å². The summed E-state index contributed by atoms with van der Waals surface area (Å²) in [6, 6.07) is 0. The predicted octanol–water partition coefficient (Wildman–Crippen LogP) is 2.34. The Balaban J connectivity index is 2.86. The van der Waals surface area contributed by atoms with E-state index in [4.69, 9.17) is 3.07 Å². The van der Waals surface area contributed by atoms with Crippen molar-refractivity contribution in [3.05, 3.63) is 23.5 Å². The summed E-state index contributed by atoms with van der Waals surface area (Å²) >= 11 is 1.84. The highest BCUT2D eigenvalue weighted by Gasteiger charge is 2.20. The fraction of sp³-hybridized carbons (Fsp3) is 0.500. The average molecular weight is 266 g/mol. The molecule has 1 aliphatic carbocycles. The van der Waals surface area contributed by atoms with Gasteiger partial charge in [0.15, 0.2) is 23.0 Å². The van der Waals surface area contributed by atoms with Crippen LogP contribution in [0.1, 0.15) is 19.8 Å². The van der Waals surface area contributed by atoms with Gasteiger partial charge in [0.25, 0.3) is 0 Å². The lowest BCUT2D eigenvalue weighted by Gasteiger charge is -2.21. The monoisotopic (exact) mass is 266 g/mol. The molecule has 0 heterocycles. The molecule has 0 radical (unpaired) electrons. The SMILES string of the molecule is C=C1CC(O)CC(C)=C1OI. The van der Waals surface area contributed by atoms with E-state index in [1.54, 1.807) is 0 Å². The van der Waals surface area contributed by atoms with Gasteiger partial charge in [-0.2, -0.15) is 0 Å². The van der Waals surface area contributed by atoms with E-state index in [1.165, 1.54) is 0 Å². The van der Waals surface area contributed by atoms with Gasteiger partial charge in [0.05, 0.1) is 6.10 Å². The first-order chi connectivity index (χ1) is 5.15. The summed E-state index contributed by atoms with van der Waals surface area (Å²) < 4.78 is 5.10. The zero-order valence-corrected chi connectivity index (χ0v) is 8.59. The second-order valence-corrected chi connectivity index (χ2v) is 3.29. The fourth-order valence-electron chi connectivity index (χ4n) is 1.32. The standard InChI is InChI=1S/C8H11IO2/c1-5-3-7(10)4-6(2)8(5)11-9/h7,10H,1,3-4H2,2H3. The van der Waals surface area contributed by atoms with Crippen LogP contribution in [0.3, 0.4) is 0 Å². The number of halogens is 1. The first-order valence-corrected chi connectivity index (χ1v) is 4.37. The van der Waals surface area contributed by atoms with Gasteiger partial charge in [-0.05, 0) is 24.5 Å². The van der Waals surface area contributed by atoms with Crippen molar-refractivity contribution in [2.45, 2.75) is 25.9 Å². The minimum atomic E-state index is -0.266. The van der Waals surface area contributed by atoms with Crippen LogP contribution in [0.4, 0.5) is 0 Å². The second kappa shape index (κ2) is 3.58. The highest BCUT2D eigenvalue weighted by molar-refractivity contribution is 14.1. The molecule has 11 heavy (non-hydrogen) atoms. The van der Waals surface area contributed by atoms with Crippen LogP contribution in [0.2, 0.25) is 0 Å². The van der Waals surface area contributed by atoms with Gasteiger partial charge in [0.1, 0.15) is 5.76 Å². The third-order valence-corrected chi connectivity index (χ3v) is 2.25. The third kappa shape index (κ3) is 1.96. The molecule has 1 atom stereocenters. The summed E-state index contributed by atoms with van der Waals surface area (Å²) in [6.07, 6.45) is 1.07. The lowest BCUT2D eigenvalue weighted by Crippen LogP contribution is -2.15. The van der Waals surface area contributed by atoms with E-state index in [0.29, 0.717) is 12.8 Å². The predicted molar refractivity (Wildman–Crippen MR) is 52.2 cm³/mol. The normalized spacial score (nSPS) is 25.7. The zero-order chi connectivity index (χ0) is 8.43. The van der Waals surface area contributed by atoms with Gasteiger partial charge in [-0.3, -0.25) is 0 Å². The Hall–Kier alpha value is -0.0300. The van der Waals surface area contributed by atoms with Gasteiger partial charge in [-0.1, -0.05) is 6.58 Å². The van der Waals surface area contributed by atoms with E-state index in [-0.39, 0.29) is 6.10 Å². The number of hydrogen-bond acceptors (Lipinski definition) is 2. The number of allylic oxidation sites excluding steroid dienone is 1. The quantitative estimate of drug-likeness (QED) is 0.738. The zero-order valence-electron chi connectivity index (χ0n) is 6.43. The summed E-state index contributed by atoms with van der Waals surface area (Å²) in [7, 11) is 0. The van der Waals surface area contributed by atoms with E-state index in [2.05, 4.69) is 6.58 Å². The van der Waals surface area contributed by atoms with E-state index < -0.39 is 0 Å². The number of aliphatic hydroxyl groups is 1. The minimum Gasteiger partial charge on any atom is -0.427 e. The van der Waals surface area contributed by atoms with Crippen molar-refractivity contribution in [2.75, 3.05) is 0 Å². The average Bonchev–Trinajstić information content (AvgIpc) is 1.85. The minimum absolute atomic E-state index is 0.266. The van der Waals surface area contributed by atoms with Gasteiger partial charge in [0.2, 0.25) is 0 Å². The molecule has 1 N–H and O–H groups in total. The Kier molecular flexibility index (Phi) is 2.95. The molecule has 0 aromatic carbocycles. The summed E-state index contributed by atoms with van der Waals surface area (Å²) in [5.41, 5.74) is 1.99. The summed E-state index contributed by atoms with van der Waals surface area (Å²) in [4.78, 5) is 0. The van der Waals surface area contributed by atoms with Crippen molar-refractivity contribution in [1.29, 1.82) is 0 Å². The van der Waals surface area contributed by atoms with Crippen LogP contribution in [0.25, 0.3) is 0 Å². The van der Waals surface area contributed by atoms with Crippen LogP contribution in [-0.4, -0.2) is 11.2 Å².